The summed E-state index contributed by atoms with van der Waals surface area (Å²) < 4.78 is 5.89. The third kappa shape index (κ3) is 3.94. The van der Waals surface area contributed by atoms with Gasteiger partial charge in [0.1, 0.15) is 5.82 Å². The van der Waals surface area contributed by atoms with Gasteiger partial charge in [-0.15, -0.1) is 0 Å². The molecule has 1 atom stereocenters. The molecule has 5 nitrogen and oxygen atoms in total. The number of nitrogens with zero attached hydrogens (tertiary/aromatic N) is 2. The van der Waals surface area contributed by atoms with Crippen LogP contribution >= 0.6 is 15.9 Å². The van der Waals surface area contributed by atoms with Gasteiger partial charge in [0.25, 0.3) is 0 Å². The predicted octanol–water partition coefficient (Wildman–Crippen LogP) is 2.12. The zero-order valence-electron chi connectivity index (χ0n) is 9.75. The molecule has 0 saturated carbocycles. The number of halogens is 1. The number of aromatic nitrogens is 2. The van der Waals surface area contributed by atoms with Crippen molar-refractivity contribution in [1.29, 1.82) is 0 Å². The fourth-order valence-corrected chi connectivity index (χ4v) is 1.49. The summed E-state index contributed by atoms with van der Waals surface area (Å²) in [6.07, 6.45) is 2.66. The Labute approximate surface area is 104 Å². The molecular formula is C10H17BrN4O. The van der Waals surface area contributed by atoms with Gasteiger partial charge in [-0.3, -0.25) is 0 Å². The van der Waals surface area contributed by atoms with E-state index in [1.807, 2.05) is 0 Å². The largest absolute Gasteiger partial charge is 0.385 e. The van der Waals surface area contributed by atoms with Gasteiger partial charge in [0.15, 0.2) is 0 Å². The number of hydrogen-bond acceptors (Lipinski definition) is 5. The van der Waals surface area contributed by atoms with Crippen LogP contribution in [0, 0.1) is 0 Å². The van der Waals surface area contributed by atoms with Crippen LogP contribution in [0.1, 0.15) is 13.3 Å². The molecule has 2 N–H and O–H groups in total. The number of anilines is 2. The second-order valence-corrected chi connectivity index (χ2v) is 4.32. The molecule has 6 heteroatoms. The Morgan fingerprint density at radius 1 is 1.56 bits per heavy atom. The highest BCUT2D eigenvalue weighted by molar-refractivity contribution is 9.10. The Hall–Kier alpha value is -0.880. The van der Waals surface area contributed by atoms with Crippen molar-refractivity contribution in [2.45, 2.75) is 19.4 Å². The number of ether oxygens (including phenoxy) is 1. The van der Waals surface area contributed by atoms with E-state index in [4.69, 9.17) is 4.74 Å². The second kappa shape index (κ2) is 6.65. The molecule has 0 aliphatic rings. The van der Waals surface area contributed by atoms with Crippen LogP contribution in [0.2, 0.25) is 0 Å². The maximum absolute atomic E-state index is 5.03. The highest BCUT2D eigenvalue weighted by Gasteiger charge is 2.07. The van der Waals surface area contributed by atoms with E-state index in [9.17, 15) is 0 Å². The molecule has 0 spiro atoms. The zero-order valence-corrected chi connectivity index (χ0v) is 11.3. The van der Waals surface area contributed by atoms with Crippen molar-refractivity contribution >= 4 is 27.7 Å². The van der Waals surface area contributed by atoms with E-state index in [0.29, 0.717) is 12.0 Å². The van der Waals surface area contributed by atoms with Gasteiger partial charge in [0, 0.05) is 33.0 Å². The smallest absolute Gasteiger partial charge is 0.224 e. The van der Waals surface area contributed by atoms with Crippen molar-refractivity contribution < 1.29 is 4.74 Å². The maximum Gasteiger partial charge on any atom is 0.224 e. The summed E-state index contributed by atoms with van der Waals surface area (Å²) in [5, 5.41) is 6.20. The van der Waals surface area contributed by atoms with Gasteiger partial charge in [0.05, 0.1) is 4.47 Å². The summed E-state index contributed by atoms with van der Waals surface area (Å²) in [4.78, 5) is 8.41. The molecule has 0 aliphatic heterocycles. The third-order valence-electron chi connectivity index (χ3n) is 2.11. The van der Waals surface area contributed by atoms with Gasteiger partial charge >= 0.3 is 0 Å². The molecular weight excluding hydrogens is 272 g/mol. The van der Waals surface area contributed by atoms with Gasteiger partial charge in [-0.1, -0.05) is 0 Å². The molecule has 1 heterocycles. The van der Waals surface area contributed by atoms with E-state index < -0.39 is 0 Å². The average Bonchev–Trinajstić information content (AvgIpc) is 2.29. The molecule has 1 unspecified atom stereocenters. The maximum atomic E-state index is 5.03. The van der Waals surface area contributed by atoms with Crippen molar-refractivity contribution in [3.8, 4) is 0 Å². The molecule has 16 heavy (non-hydrogen) atoms. The molecule has 0 aliphatic carbocycles. The monoisotopic (exact) mass is 288 g/mol. The van der Waals surface area contributed by atoms with Gasteiger partial charge in [-0.2, -0.15) is 4.98 Å². The molecule has 0 saturated heterocycles. The first kappa shape index (κ1) is 13.2. The van der Waals surface area contributed by atoms with Crippen LogP contribution in [0.4, 0.5) is 11.8 Å². The molecule has 0 aromatic carbocycles. The summed E-state index contributed by atoms with van der Waals surface area (Å²) >= 11 is 3.41. The second-order valence-electron chi connectivity index (χ2n) is 3.47. The SMILES string of the molecule is CNc1ncc(Br)c(NC(C)CCOC)n1. The highest BCUT2D eigenvalue weighted by Crippen LogP contribution is 2.21. The Morgan fingerprint density at radius 2 is 2.31 bits per heavy atom. The molecule has 0 amide bonds. The van der Waals surface area contributed by atoms with Crippen molar-refractivity contribution in [3.05, 3.63) is 10.7 Å². The summed E-state index contributed by atoms with van der Waals surface area (Å²) in [5.74, 6) is 1.40. The number of methoxy groups -OCH3 is 1. The topological polar surface area (TPSA) is 59.1 Å². The lowest BCUT2D eigenvalue weighted by Crippen LogP contribution is -2.18. The number of nitrogens with one attached hydrogen (secondary N) is 2. The Balaban J connectivity index is 2.64. The van der Waals surface area contributed by atoms with Gasteiger partial charge < -0.3 is 15.4 Å². The summed E-state index contributed by atoms with van der Waals surface area (Å²) in [6.45, 7) is 2.82. The lowest BCUT2D eigenvalue weighted by Gasteiger charge is -2.15. The predicted molar refractivity (Wildman–Crippen MR) is 68.9 cm³/mol. The van der Waals surface area contributed by atoms with E-state index in [1.54, 1.807) is 20.4 Å². The first-order chi connectivity index (χ1) is 7.67. The average molecular weight is 289 g/mol. The Kier molecular flexibility index (Phi) is 5.48. The molecule has 1 aromatic heterocycles. The third-order valence-corrected chi connectivity index (χ3v) is 2.69. The van der Waals surface area contributed by atoms with Crippen LogP contribution in [-0.4, -0.2) is 36.8 Å². The zero-order chi connectivity index (χ0) is 12.0. The highest BCUT2D eigenvalue weighted by atomic mass is 79.9. The minimum atomic E-state index is 0.302. The summed E-state index contributed by atoms with van der Waals surface area (Å²) in [5.41, 5.74) is 0. The lowest BCUT2D eigenvalue weighted by molar-refractivity contribution is 0.191. The normalized spacial score (nSPS) is 12.2. The fourth-order valence-electron chi connectivity index (χ4n) is 1.19. The molecule has 1 aromatic rings. The quantitative estimate of drug-likeness (QED) is 0.840. The molecule has 0 bridgehead atoms. The molecule has 0 radical (unpaired) electrons. The summed E-state index contributed by atoms with van der Waals surface area (Å²) in [7, 11) is 3.49. The first-order valence-electron chi connectivity index (χ1n) is 5.13. The van der Waals surface area contributed by atoms with Crippen LogP contribution in [0.25, 0.3) is 0 Å². The van der Waals surface area contributed by atoms with Crippen LogP contribution in [-0.2, 0) is 4.74 Å². The summed E-state index contributed by atoms with van der Waals surface area (Å²) in [6, 6.07) is 0.302. The van der Waals surface area contributed by atoms with Gasteiger partial charge in [-0.05, 0) is 29.3 Å². The van der Waals surface area contributed by atoms with Crippen molar-refractivity contribution in [2.24, 2.45) is 0 Å². The Morgan fingerprint density at radius 3 is 2.94 bits per heavy atom. The van der Waals surface area contributed by atoms with E-state index in [-0.39, 0.29) is 0 Å². The fraction of sp³-hybridized carbons (Fsp3) is 0.600. The van der Waals surface area contributed by atoms with Crippen LogP contribution < -0.4 is 10.6 Å². The van der Waals surface area contributed by atoms with Crippen molar-refractivity contribution in [1.82, 2.24) is 9.97 Å². The van der Waals surface area contributed by atoms with E-state index in [0.717, 1.165) is 23.3 Å². The Bertz CT molecular complexity index is 335. The van der Waals surface area contributed by atoms with Crippen LogP contribution in [0.5, 0.6) is 0 Å². The lowest BCUT2D eigenvalue weighted by atomic mass is 10.2. The van der Waals surface area contributed by atoms with Crippen LogP contribution in [0.15, 0.2) is 10.7 Å². The standard InChI is InChI=1S/C10H17BrN4O/c1-7(4-5-16-3)14-9-8(11)6-13-10(12-2)15-9/h6-7H,4-5H2,1-3H3,(H2,12,13,14,15). The van der Waals surface area contributed by atoms with Gasteiger partial charge in [-0.25, -0.2) is 4.98 Å². The van der Waals surface area contributed by atoms with Crippen molar-refractivity contribution in [3.63, 3.8) is 0 Å². The van der Waals surface area contributed by atoms with Crippen molar-refractivity contribution in [2.75, 3.05) is 31.4 Å². The first-order valence-corrected chi connectivity index (χ1v) is 5.92. The molecule has 1 rings (SSSR count). The minimum Gasteiger partial charge on any atom is -0.385 e. The number of rotatable bonds is 6. The van der Waals surface area contributed by atoms with E-state index >= 15 is 0 Å². The van der Waals surface area contributed by atoms with E-state index in [2.05, 4.69) is 43.5 Å². The molecule has 0 fully saturated rings. The molecule has 90 valence electrons. The van der Waals surface area contributed by atoms with Crippen LogP contribution in [0.3, 0.4) is 0 Å². The number of hydrogen-bond donors (Lipinski definition) is 2. The van der Waals surface area contributed by atoms with Gasteiger partial charge in [0.2, 0.25) is 5.95 Å². The van der Waals surface area contributed by atoms with E-state index in [1.165, 1.54) is 0 Å². The minimum absolute atomic E-state index is 0.302.